The summed E-state index contributed by atoms with van der Waals surface area (Å²) in [5.41, 5.74) is 0.610. The highest BCUT2D eigenvalue weighted by molar-refractivity contribution is 7.15. The van der Waals surface area contributed by atoms with E-state index in [1.165, 1.54) is 23.1 Å². The average molecular weight is 358 g/mol. The molecule has 2 heterocycles. The molecule has 25 heavy (non-hydrogen) atoms. The first-order valence-corrected chi connectivity index (χ1v) is 8.13. The van der Waals surface area contributed by atoms with Gasteiger partial charge in [-0.1, -0.05) is 12.1 Å². The molecule has 128 valence electrons. The van der Waals surface area contributed by atoms with Gasteiger partial charge in [0.25, 0.3) is 5.91 Å². The van der Waals surface area contributed by atoms with Crippen LogP contribution in [0.4, 0.5) is 11.5 Å². The second kappa shape index (κ2) is 7.14. The lowest BCUT2D eigenvalue weighted by Crippen LogP contribution is -2.20. The molecule has 0 saturated heterocycles. The van der Waals surface area contributed by atoms with E-state index >= 15 is 0 Å². The molecule has 1 amide bonds. The SMILES string of the molecule is Cc1ccc(-c2cc(NC(=O)COc3ccccc3[N+](=O)[O-])n[nH]2)s1. The van der Waals surface area contributed by atoms with Gasteiger partial charge in [0, 0.05) is 17.0 Å². The van der Waals surface area contributed by atoms with Gasteiger partial charge in [-0.2, -0.15) is 5.10 Å². The van der Waals surface area contributed by atoms with E-state index in [0.717, 1.165) is 10.6 Å². The Morgan fingerprint density at radius 1 is 1.36 bits per heavy atom. The Morgan fingerprint density at radius 3 is 2.88 bits per heavy atom. The van der Waals surface area contributed by atoms with Crippen molar-refractivity contribution in [2.24, 2.45) is 0 Å². The molecular weight excluding hydrogens is 344 g/mol. The number of nitro groups is 1. The van der Waals surface area contributed by atoms with E-state index in [2.05, 4.69) is 15.5 Å². The molecule has 0 fully saturated rings. The van der Waals surface area contributed by atoms with Gasteiger partial charge in [-0.05, 0) is 25.1 Å². The van der Waals surface area contributed by atoms with Crippen LogP contribution in [-0.4, -0.2) is 27.6 Å². The van der Waals surface area contributed by atoms with Crippen molar-refractivity contribution in [1.29, 1.82) is 0 Å². The van der Waals surface area contributed by atoms with Crippen LogP contribution in [-0.2, 0) is 4.79 Å². The van der Waals surface area contributed by atoms with E-state index in [1.54, 1.807) is 23.5 Å². The lowest BCUT2D eigenvalue weighted by molar-refractivity contribution is -0.385. The number of carbonyl (C=O) groups is 1. The molecule has 3 aromatic rings. The molecule has 1 aromatic carbocycles. The molecule has 0 saturated carbocycles. The number of aromatic amines is 1. The van der Waals surface area contributed by atoms with E-state index in [1.807, 2.05) is 19.1 Å². The number of nitrogens with one attached hydrogen (secondary N) is 2. The topological polar surface area (TPSA) is 110 Å². The van der Waals surface area contributed by atoms with Crippen LogP contribution in [0.15, 0.2) is 42.5 Å². The van der Waals surface area contributed by atoms with Crippen LogP contribution < -0.4 is 10.1 Å². The molecule has 3 rings (SSSR count). The largest absolute Gasteiger partial charge is 0.477 e. The highest BCUT2D eigenvalue weighted by atomic mass is 32.1. The Bertz CT molecular complexity index is 918. The zero-order valence-electron chi connectivity index (χ0n) is 13.2. The molecule has 0 aliphatic carbocycles. The molecule has 0 unspecified atom stereocenters. The Labute approximate surface area is 146 Å². The number of aromatic nitrogens is 2. The summed E-state index contributed by atoms with van der Waals surface area (Å²) in [7, 11) is 0. The maximum atomic E-state index is 12.0. The van der Waals surface area contributed by atoms with E-state index in [4.69, 9.17) is 4.74 Å². The first-order valence-electron chi connectivity index (χ1n) is 7.31. The lowest BCUT2D eigenvalue weighted by atomic mass is 10.3. The number of benzene rings is 1. The summed E-state index contributed by atoms with van der Waals surface area (Å²) in [5.74, 6) is -0.0600. The van der Waals surface area contributed by atoms with Gasteiger partial charge in [-0.25, -0.2) is 0 Å². The molecule has 9 heteroatoms. The number of para-hydroxylation sites is 2. The summed E-state index contributed by atoms with van der Waals surface area (Å²) in [6, 6.07) is 11.6. The first-order chi connectivity index (χ1) is 12.0. The van der Waals surface area contributed by atoms with Crippen molar-refractivity contribution in [2.75, 3.05) is 11.9 Å². The van der Waals surface area contributed by atoms with Gasteiger partial charge in [0.05, 0.1) is 15.5 Å². The van der Waals surface area contributed by atoms with Crippen LogP contribution in [0.2, 0.25) is 0 Å². The monoisotopic (exact) mass is 358 g/mol. The molecule has 8 nitrogen and oxygen atoms in total. The quantitative estimate of drug-likeness (QED) is 0.518. The average Bonchev–Trinajstić information content (AvgIpc) is 3.22. The number of hydrogen-bond acceptors (Lipinski definition) is 6. The van der Waals surface area contributed by atoms with Crippen LogP contribution in [0, 0.1) is 17.0 Å². The molecular formula is C16H14N4O4S. The minimum absolute atomic E-state index is 0.0411. The molecule has 0 aliphatic rings. The van der Waals surface area contributed by atoms with Gasteiger partial charge in [-0.3, -0.25) is 20.0 Å². The Kier molecular flexibility index (Phi) is 4.75. The fraction of sp³-hybridized carbons (Fsp3) is 0.125. The number of hydrogen-bond donors (Lipinski definition) is 2. The van der Waals surface area contributed by atoms with E-state index in [0.29, 0.717) is 5.82 Å². The van der Waals surface area contributed by atoms with Gasteiger partial charge in [-0.15, -0.1) is 11.3 Å². The summed E-state index contributed by atoms with van der Waals surface area (Å²) in [6.07, 6.45) is 0. The number of carbonyl (C=O) groups excluding carboxylic acids is 1. The Hall–Kier alpha value is -3.20. The maximum absolute atomic E-state index is 12.0. The third kappa shape index (κ3) is 4.01. The third-order valence-corrected chi connectivity index (χ3v) is 4.31. The van der Waals surface area contributed by atoms with Crippen LogP contribution in [0.3, 0.4) is 0 Å². The highest BCUT2D eigenvalue weighted by Crippen LogP contribution is 2.28. The van der Waals surface area contributed by atoms with Crippen molar-refractivity contribution in [2.45, 2.75) is 6.92 Å². The Morgan fingerprint density at radius 2 is 2.16 bits per heavy atom. The molecule has 0 aliphatic heterocycles. The number of rotatable bonds is 6. The van der Waals surface area contributed by atoms with Gasteiger partial charge in [0.1, 0.15) is 0 Å². The number of H-pyrrole nitrogens is 1. The summed E-state index contributed by atoms with van der Waals surface area (Å²) in [4.78, 5) is 24.5. The van der Waals surface area contributed by atoms with E-state index in [-0.39, 0.29) is 18.0 Å². The predicted molar refractivity (Wildman–Crippen MR) is 93.9 cm³/mol. The van der Waals surface area contributed by atoms with Crippen LogP contribution in [0.5, 0.6) is 5.75 Å². The molecule has 0 atom stereocenters. The number of nitro benzene ring substituents is 1. The Balaban J connectivity index is 1.60. The highest BCUT2D eigenvalue weighted by Gasteiger charge is 2.15. The van der Waals surface area contributed by atoms with Gasteiger partial charge in [0.15, 0.2) is 18.2 Å². The van der Waals surface area contributed by atoms with Crippen molar-refractivity contribution in [3.8, 4) is 16.3 Å². The fourth-order valence-corrected chi connectivity index (χ4v) is 2.98. The fourth-order valence-electron chi connectivity index (χ4n) is 2.14. The molecule has 0 bridgehead atoms. The number of thiophene rings is 1. The van der Waals surface area contributed by atoms with Crippen molar-refractivity contribution >= 4 is 28.7 Å². The summed E-state index contributed by atoms with van der Waals surface area (Å²) < 4.78 is 5.24. The van der Waals surface area contributed by atoms with E-state index < -0.39 is 10.8 Å². The van der Waals surface area contributed by atoms with Crippen LogP contribution >= 0.6 is 11.3 Å². The maximum Gasteiger partial charge on any atom is 0.310 e. The summed E-state index contributed by atoms with van der Waals surface area (Å²) in [5, 5.41) is 20.4. The van der Waals surface area contributed by atoms with Crippen molar-refractivity contribution in [3.05, 3.63) is 57.5 Å². The van der Waals surface area contributed by atoms with Gasteiger partial charge < -0.3 is 10.1 Å². The number of aryl methyl sites for hydroxylation is 1. The smallest absolute Gasteiger partial charge is 0.310 e. The van der Waals surface area contributed by atoms with Gasteiger partial charge >= 0.3 is 5.69 Å². The van der Waals surface area contributed by atoms with Crippen LogP contribution in [0.25, 0.3) is 10.6 Å². The van der Waals surface area contributed by atoms with Gasteiger partial charge in [0.2, 0.25) is 0 Å². The summed E-state index contributed by atoms with van der Waals surface area (Å²) >= 11 is 1.61. The van der Waals surface area contributed by atoms with Crippen LogP contribution in [0.1, 0.15) is 4.88 Å². The first kappa shape index (κ1) is 16.7. The van der Waals surface area contributed by atoms with E-state index in [9.17, 15) is 14.9 Å². The molecule has 0 radical (unpaired) electrons. The number of ether oxygens (including phenoxy) is 1. The van der Waals surface area contributed by atoms with Crippen molar-refractivity contribution in [1.82, 2.24) is 10.2 Å². The number of amides is 1. The van der Waals surface area contributed by atoms with Crippen molar-refractivity contribution < 1.29 is 14.5 Å². The second-order valence-corrected chi connectivity index (χ2v) is 6.43. The molecule has 0 spiro atoms. The minimum Gasteiger partial charge on any atom is -0.477 e. The molecule has 2 N–H and O–H groups in total. The second-order valence-electron chi connectivity index (χ2n) is 5.14. The zero-order valence-corrected chi connectivity index (χ0v) is 14.0. The third-order valence-electron chi connectivity index (χ3n) is 3.27. The molecule has 2 aromatic heterocycles. The summed E-state index contributed by atoms with van der Waals surface area (Å²) in [6.45, 7) is 1.65. The standard InChI is InChI=1S/C16H14N4O4S/c1-10-6-7-14(25-10)11-8-15(19-18-11)17-16(21)9-24-13-5-3-2-4-12(13)20(22)23/h2-8H,9H2,1H3,(H2,17,18,19,21). The van der Waals surface area contributed by atoms with Crippen molar-refractivity contribution in [3.63, 3.8) is 0 Å². The minimum atomic E-state index is -0.559. The number of anilines is 1. The predicted octanol–water partition coefficient (Wildman–Crippen LogP) is 3.37. The number of nitrogens with zero attached hydrogens (tertiary/aromatic N) is 2. The normalized spacial score (nSPS) is 10.4. The lowest BCUT2D eigenvalue weighted by Gasteiger charge is -2.06. The zero-order chi connectivity index (χ0) is 17.8.